The van der Waals surface area contributed by atoms with Gasteiger partial charge in [-0.3, -0.25) is 4.79 Å². The van der Waals surface area contributed by atoms with E-state index in [0.717, 1.165) is 6.07 Å². The van der Waals surface area contributed by atoms with E-state index in [-0.39, 0.29) is 32.0 Å². The van der Waals surface area contributed by atoms with Gasteiger partial charge in [0.1, 0.15) is 16.5 Å². The molecular formula is C17H9Cl2F5N4O3S. The highest BCUT2D eigenvalue weighted by molar-refractivity contribution is 7.90. The van der Waals surface area contributed by atoms with E-state index in [0.29, 0.717) is 12.1 Å². The van der Waals surface area contributed by atoms with Gasteiger partial charge in [0.25, 0.3) is 15.9 Å². The molecular weight excluding hydrogens is 506 g/mol. The van der Waals surface area contributed by atoms with Crippen molar-refractivity contribution < 1.29 is 35.2 Å². The molecule has 0 aliphatic heterocycles. The van der Waals surface area contributed by atoms with Gasteiger partial charge in [0, 0.05) is 5.02 Å². The van der Waals surface area contributed by atoms with Crippen LogP contribution in [0.1, 0.15) is 21.7 Å². The van der Waals surface area contributed by atoms with Crippen molar-refractivity contribution in [2.45, 2.75) is 18.0 Å². The molecule has 3 aromatic rings. The Morgan fingerprint density at radius 2 is 1.78 bits per heavy atom. The summed E-state index contributed by atoms with van der Waals surface area (Å²) in [5.41, 5.74) is -3.37. The summed E-state index contributed by atoms with van der Waals surface area (Å²) in [7, 11) is -5.10. The van der Waals surface area contributed by atoms with Gasteiger partial charge in [0.15, 0.2) is 11.4 Å². The molecule has 0 aliphatic rings. The fourth-order valence-corrected chi connectivity index (χ4v) is 4.44. The monoisotopic (exact) mass is 514 g/mol. The number of hydrogen-bond donors (Lipinski definition) is 1. The lowest BCUT2D eigenvalue weighted by atomic mass is 10.2. The molecule has 0 bridgehead atoms. The zero-order valence-electron chi connectivity index (χ0n) is 15.5. The molecule has 170 valence electrons. The molecule has 1 heterocycles. The zero-order chi connectivity index (χ0) is 24.0. The van der Waals surface area contributed by atoms with Crippen LogP contribution in [0.5, 0.6) is 0 Å². The molecule has 0 radical (unpaired) electrons. The molecule has 0 spiro atoms. The van der Waals surface area contributed by atoms with E-state index in [4.69, 9.17) is 23.2 Å². The predicted octanol–water partition coefficient (Wildman–Crippen LogP) is 4.30. The molecule has 0 unspecified atom stereocenters. The maximum Gasteiger partial charge on any atom is 0.435 e. The van der Waals surface area contributed by atoms with Crippen LogP contribution in [0.2, 0.25) is 10.0 Å². The van der Waals surface area contributed by atoms with Crippen molar-refractivity contribution in [2.75, 3.05) is 0 Å². The number of rotatable bonds is 4. The van der Waals surface area contributed by atoms with Gasteiger partial charge >= 0.3 is 6.18 Å². The molecule has 0 aliphatic carbocycles. The SMILES string of the molecule is Cc1cc(Cl)cc(Cl)c1-n1nnc(C(=O)NS(=O)(=O)c2cc(F)ccc2F)c1C(F)(F)F. The molecule has 1 N–H and O–H groups in total. The van der Waals surface area contributed by atoms with E-state index in [1.807, 2.05) is 0 Å². The Morgan fingerprint density at radius 1 is 1.12 bits per heavy atom. The van der Waals surface area contributed by atoms with Crippen LogP contribution in [0, 0.1) is 18.6 Å². The first-order valence-corrected chi connectivity index (χ1v) is 10.5. The van der Waals surface area contributed by atoms with Crippen LogP contribution in [0.3, 0.4) is 0 Å². The van der Waals surface area contributed by atoms with Crippen molar-refractivity contribution in [3.8, 4) is 5.69 Å². The Kier molecular flexibility index (Phi) is 6.19. The molecule has 1 aromatic heterocycles. The minimum absolute atomic E-state index is 0.117. The summed E-state index contributed by atoms with van der Waals surface area (Å²) < 4.78 is 94.5. The van der Waals surface area contributed by atoms with Crippen LogP contribution in [0.15, 0.2) is 35.2 Å². The average molecular weight is 515 g/mol. The number of nitrogens with zero attached hydrogens (tertiary/aromatic N) is 3. The van der Waals surface area contributed by atoms with Gasteiger partial charge < -0.3 is 0 Å². The predicted molar refractivity (Wildman–Crippen MR) is 102 cm³/mol. The molecule has 0 fully saturated rings. The molecule has 2 aromatic carbocycles. The first-order chi connectivity index (χ1) is 14.7. The fraction of sp³-hybridized carbons (Fsp3) is 0.118. The third-order valence-electron chi connectivity index (χ3n) is 3.99. The largest absolute Gasteiger partial charge is 0.435 e. The summed E-state index contributed by atoms with van der Waals surface area (Å²) >= 11 is 11.8. The van der Waals surface area contributed by atoms with E-state index in [1.165, 1.54) is 17.7 Å². The lowest BCUT2D eigenvalue weighted by Gasteiger charge is -2.14. The number of nitrogens with one attached hydrogen (secondary N) is 1. The number of carbonyl (C=O) groups excluding carboxylic acids is 1. The molecule has 32 heavy (non-hydrogen) atoms. The molecule has 1 amide bonds. The van der Waals surface area contributed by atoms with Gasteiger partial charge in [-0.2, -0.15) is 13.2 Å². The number of aromatic nitrogens is 3. The summed E-state index contributed by atoms with van der Waals surface area (Å²) in [5, 5.41) is 6.29. The quantitative estimate of drug-likeness (QED) is 0.524. The fourth-order valence-electron chi connectivity index (χ4n) is 2.72. The van der Waals surface area contributed by atoms with Crippen molar-refractivity contribution in [1.29, 1.82) is 0 Å². The molecule has 0 saturated heterocycles. The maximum absolute atomic E-state index is 13.8. The first-order valence-electron chi connectivity index (χ1n) is 8.23. The highest BCUT2D eigenvalue weighted by atomic mass is 35.5. The summed E-state index contributed by atoms with van der Waals surface area (Å²) in [6.07, 6.45) is -5.25. The van der Waals surface area contributed by atoms with Gasteiger partial charge in [-0.25, -0.2) is 26.6 Å². The third-order valence-corrected chi connectivity index (χ3v) is 5.85. The Morgan fingerprint density at radius 3 is 2.38 bits per heavy atom. The van der Waals surface area contributed by atoms with Crippen LogP contribution in [-0.2, 0) is 16.2 Å². The summed E-state index contributed by atoms with van der Waals surface area (Å²) in [6.45, 7) is 1.37. The summed E-state index contributed by atoms with van der Waals surface area (Å²) in [4.78, 5) is 11.1. The normalized spacial score (nSPS) is 12.1. The summed E-state index contributed by atoms with van der Waals surface area (Å²) in [5.74, 6) is -4.47. The topological polar surface area (TPSA) is 93.9 Å². The molecule has 0 saturated carbocycles. The van der Waals surface area contributed by atoms with Crippen molar-refractivity contribution in [3.63, 3.8) is 0 Å². The van der Waals surface area contributed by atoms with Gasteiger partial charge in [-0.1, -0.05) is 28.4 Å². The van der Waals surface area contributed by atoms with Crippen molar-refractivity contribution in [3.05, 3.63) is 69.0 Å². The van der Waals surface area contributed by atoms with Crippen molar-refractivity contribution in [2.24, 2.45) is 0 Å². The standard InChI is InChI=1S/C17H9Cl2F5N4O3S/c1-7-4-8(18)5-10(19)14(7)28-15(17(22,23)24)13(25-27-28)16(29)26-32(30,31)12-6-9(20)2-3-11(12)21/h2-6H,1H3,(H,26,29). The van der Waals surface area contributed by atoms with Gasteiger partial charge in [-0.15, -0.1) is 5.10 Å². The van der Waals surface area contributed by atoms with Crippen LogP contribution in [0.25, 0.3) is 5.69 Å². The molecule has 7 nitrogen and oxygen atoms in total. The van der Waals surface area contributed by atoms with E-state index >= 15 is 0 Å². The van der Waals surface area contributed by atoms with Crippen LogP contribution in [0.4, 0.5) is 22.0 Å². The second-order valence-corrected chi connectivity index (χ2v) is 8.75. The highest BCUT2D eigenvalue weighted by Crippen LogP contribution is 2.36. The lowest BCUT2D eigenvalue weighted by Crippen LogP contribution is -2.33. The van der Waals surface area contributed by atoms with Crippen LogP contribution in [-0.4, -0.2) is 29.3 Å². The highest BCUT2D eigenvalue weighted by Gasteiger charge is 2.43. The van der Waals surface area contributed by atoms with E-state index in [2.05, 4.69) is 10.3 Å². The summed E-state index contributed by atoms with van der Waals surface area (Å²) in [6, 6.07) is 3.74. The van der Waals surface area contributed by atoms with E-state index in [1.54, 1.807) is 0 Å². The Balaban J connectivity index is 2.12. The third kappa shape index (κ3) is 4.54. The van der Waals surface area contributed by atoms with Gasteiger partial charge in [0.05, 0.1) is 10.7 Å². The number of benzene rings is 2. The first kappa shape index (κ1) is 23.9. The number of sulfonamides is 1. The number of carbonyl (C=O) groups is 1. The Labute approximate surface area is 186 Å². The minimum atomic E-state index is -5.25. The number of halogens is 7. The van der Waals surface area contributed by atoms with Crippen LogP contribution >= 0.6 is 23.2 Å². The van der Waals surface area contributed by atoms with Crippen LogP contribution < -0.4 is 4.72 Å². The number of hydrogen-bond acceptors (Lipinski definition) is 5. The second kappa shape index (κ2) is 8.30. The maximum atomic E-state index is 13.8. The van der Waals surface area contributed by atoms with Gasteiger partial charge in [-0.05, 0) is 42.8 Å². The molecule has 3 rings (SSSR count). The lowest BCUT2D eigenvalue weighted by molar-refractivity contribution is -0.143. The average Bonchev–Trinajstić information content (AvgIpc) is 3.07. The Hall–Kier alpha value is -2.77. The zero-order valence-corrected chi connectivity index (χ0v) is 17.8. The minimum Gasteiger partial charge on any atom is -0.266 e. The number of amides is 1. The molecule has 15 heteroatoms. The Bertz CT molecular complexity index is 1320. The van der Waals surface area contributed by atoms with E-state index < -0.39 is 50.0 Å². The second-order valence-electron chi connectivity index (χ2n) is 6.26. The number of alkyl halides is 3. The smallest absolute Gasteiger partial charge is 0.266 e. The molecule has 0 atom stereocenters. The van der Waals surface area contributed by atoms with Crippen molar-refractivity contribution in [1.82, 2.24) is 19.7 Å². The van der Waals surface area contributed by atoms with Crippen molar-refractivity contribution >= 4 is 39.1 Å². The number of aryl methyl sites for hydroxylation is 1. The van der Waals surface area contributed by atoms with Gasteiger partial charge in [0.2, 0.25) is 0 Å². The van der Waals surface area contributed by atoms with E-state index in [9.17, 15) is 35.2 Å².